The lowest BCUT2D eigenvalue weighted by Gasteiger charge is -2.31. The number of benzene rings is 1. The van der Waals surface area contributed by atoms with E-state index < -0.39 is 0 Å². The minimum atomic E-state index is 0.446. The van der Waals surface area contributed by atoms with Crippen molar-refractivity contribution in [1.29, 1.82) is 0 Å². The highest BCUT2D eigenvalue weighted by Gasteiger charge is 2.24. The Bertz CT molecular complexity index is 315. The van der Waals surface area contributed by atoms with E-state index in [4.69, 9.17) is 4.74 Å². The second-order valence-electron chi connectivity index (χ2n) is 4.92. The molecule has 0 radical (unpaired) electrons. The highest BCUT2D eigenvalue weighted by Crippen LogP contribution is 2.30. The van der Waals surface area contributed by atoms with E-state index in [1.165, 1.54) is 37.7 Å². The van der Waals surface area contributed by atoms with Gasteiger partial charge in [-0.15, -0.1) is 0 Å². The summed E-state index contributed by atoms with van der Waals surface area (Å²) in [7, 11) is 0. The molecule has 1 nitrogen and oxygen atoms in total. The average Bonchev–Trinajstić information content (AvgIpc) is 2.33. The quantitative estimate of drug-likeness (QED) is 0.733. The molecule has 1 heteroatoms. The highest BCUT2D eigenvalue weighted by molar-refractivity contribution is 5.26. The lowest BCUT2D eigenvalue weighted by Crippen LogP contribution is -2.29. The van der Waals surface area contributed by atoms with Crippen molar-refractivity contribution >= 4 is 0 Å². The van der Waals surface area contributed by atoms with Crippen LogP contribution in [0.5, 0.6) is 5.75 Å². The number of hydrogen-bond donors (Lipinski definition) is 0. The van der Waals surface area contributed by atoms with E-state index >= 15 is 0 Å². The number of hydrogen-bond acceptors (Lipinski definition) is 1. The van der Waals surface area contributed by atoms with Gasteiger partial charge in [-0.3, -0.25) is 0 Å². The minimum absolute atomic E-state index is 0.446. The summed E-state index contributed by atoms with van der Waals surface area (Å²) >= 11 is 0. The Morgan fingerprint density at radius 2 is 1.81 bits per heavy atom. The van der Waals surface area contributed by atoms with Gasteiger partial charge in [-0.05, 0) is 50.7 Å². The third kappa shape index (κ3) is 2.78. The van der Waals surface area contributed by atoms with Gasteiger partial charge in [0, 0.05) is 0 Å². The van der Waals surface area contributed by atoms with Crippen LogP contribution in [-0.4, -0.2) is 6.10 Å². The van der Waals surface area contributed by atoms with Crippen LogP contribution in [0.2, 0.25) is 0 Å². The van der Waals surface area contributed by atoms with Gasteiger partial charge in [0.25, 0.3) is 0 Å². The third-order valence-corrected chi connectivity index (χ3v) is 3.67. The average molecular weight is 218 g/mol. The maximum absolute atomic E-state index is 6.11. The van der Waals surface area contributed by atoms with Crippen molar-refractivity contribution < 1.29 is 4.74 Å². The van der Waals surface area contributed by atoms with Crippen molar-refractivity contribution in [1.82, 2.24) is 0 Å². The molecule has 1 fully saturated rings. The van der Waals surface area contributed by atoms with Crippen molar-refractivity contribution in [2.75, 3.05) is 0 Å². The van der Waals surface area contributed by atoms with Crippen molar-refractivity contribution in [3.8, 4) is 5.75 Å². The standard InChI is InChI=1S/C15H22O/c1-3-13-6-4-5-7-15(13)16-14-10-8-12(2)9-11-14/h8-11,13,15H,3-7H2,1-2H3. The molecule has 1 aliphatic carbocycles. The van der Waals surface area contributed by atoms with Gasteiger partial charge in [-0.25, -0.2) is 0 Å². The SMILES string of the molecule is CCC1CCCCC1Oc1ccc(C)cc1. The molecule has 1 aromatic carbocycles. The topological polar surface area (TPSA) is 9.23 Å². The monoisotopic (exact) mass is 218 g/mol. The molecule has 0 amide bonds. The van der Waals surface area contributed by atoms with Gasteiger partial charge in [-0.1, -0.05) is 31.0 Å². The Morgan fingerprint density at radius 3 is 2.50 bits per heavy atom. The molecule has 2 rings (SSSR count). The highest BCUT2D eigenvalue weighted by atomic mass is 16.5. The Labute approximate surface area is 98.8 Å². The van der Waals surface area contributed by atoms with Gasteiger partial charge in [-0.2, -0.15) is 0 Å². The van der Waals surface area contributed by atoms with Crippen molar-refractivity contribution in [3.05, 3.63) is 29.8 Å². The first-order valence-electron chi connectivity index (χ1n) is 6.53. The van der Waals surface area contributed by atoms with Crippen LogP contribution >= 0.6 is 0 Å². The zero-order chi connectivity index (χ0) is 11.4. The largest absolute Gasteiger partial charge is 0.490 e. The zero-order valence-corrected chi connectivity index (χ0v) is 10.4. The van der Waals surface area contributed by atoms with Gasteiger partial charge >= 0.3 is 0 Å². The van der Waals surface area contributed by atoms with Gasteiger partial charge in [0.15, 0.2) is 0 Å². The number of aryl methyl sites for hydroxylation is 1. The summed E-state index contributed by atoms with van der Waals surface area (Å²) in [5.41, 5.74) is 1.29. The molecule has 0 aromatic heterocycles. The van der Waals surface area contributed by atoms with Gasteiger partial charge in [0.1, 0.15) is 11.9 Å². The number of rotatable bonds is 3. The van der Waals surface area contributed by atoms with Gasteiger partial charge in [0.2, 0.25) is 0 Å². The van der Waals surface area contributed by atoms with Crippen LogP contribution in [0.4, 0.5) is 0 Å². The molecular weight excluding hydrogens is 196 g/mol. The fourth-order valence-corrected chi connectivity index (χ4v) is 2.59. The molecule has 0 aliphatic heterocycles. The molecule has 88 valence electrons. The molecule has 0 bridgehead atoms. The molecule has 0 N–H and O–H groups in total. The first-order chi connectivity index (χ1) is 7.79. The van der Waals surface area contributed by atoms with E-state index in [9.17, 15) is 0 Å². The fraction of sp³-hybridized carbons (Fsp3) is 0.600. The summed E-state index contributed by atoms with van der Waals surface area (Å²) in [6.07, 6.45) is 6.97. The van der Waals surface area contributed by atoms with Crippen LogP contribution in [-0.2, 0) is 0 Å². The predicted molar refractivity (Wildman–Crippen MR) is 67.8 cm³/mol. The van der Waals surface area contributed by atoms with Crippen LogP contribution in [0.3, 0.4) is 0 Å². The number of ether oxygens (including phenoxy) is 1. The molecule has 0 heterocycles. The Morgan fingerprint density at radius 1 is 1.12 bits per heavy atom. The summed E-state index contributed by atoms with van der Waals surface area (Å²) in [6, 6.07) is 8.44. The lowest BCUT2D eigenvalue weighted by atomic mass is 9.85. The first kappa shape index (κ1) is 11.5. The smallest absolute Gasteiger partial charge is 0.119 e. The van der Waals surface area contributed by atoms with Crippen molar-refractivity contribution in [3.63, 3.8) is 0 Å². The Balaban J connectivity index is 1.99. The van der Waals surface area contributed by atoms with Crippen LogP contribution in [0, 0.1) is 12.8 Å². The summed E-state index contributed by atoms with van der Waals surface area (Å²) in [6.45, 7) is 4.39. The normalized spacial score (nSPS) is 25.4. The second-order valence-corrected chi connectivity index (χ2v) is 4.92. The van der Waals surface area contributed by atoms with Crippen LogP contribution in [0.1, 0.15) is 44.6 Å². The van der Waals surface area contributed by atoms with Crippen LogP contribution in [0.15, 0.2) is 24.3 Å². The first-order valence-corrected chi connectivity index (χ1v) is 6.53. The molecule has 0 spiro atoms. The van der Waals surface area contributed by atoms with Crippen LogP contribution < -0.4 is 4.74 Å². The molecule has 2 unspecified atom stereocenters. The van der Waals surface area contributed by atoms with E-state index in [0.717, 1.165) is 11.7 Å². The van der Waals surface area contributed by atoms with E-state index in [2.05, 4.69) is 38.1 Å². The van der Waals surface area contributed by atoms with E-state index in [-0.39, 0.29) is 0 Å². The Kier molecular flexibility index (Phi) is 3.87. The molecule has 1 aliphatic rings. The van der Waals surface area contributed by atoms with Gasteiger partial charge < -0.3 is 4.74 Å². The molecule has 16 heavy (non-hydrogen) atoms. The fourth-order valence-electron chi connectivity index (χ4n) is 2.59. The van der Waals surface area contributed by atoms with Crippen molar-refractivity contribution in [2.24, 2.45) is 5.92 Å². The van der Waals surface area contributed by atoms with Gasteiger partial charge in [0.05, 0.1) is 0 Å². The zero-order valence-electron chi connectivity index (χ0n) is 10.4. The molecular formula is C15H22O. The maximum atomic E-state index is 6.11. The van der Waals surface area contributed by atoms with E-state index in [1.54, 1.807) is 0 Å². The maximum Gasteiger partial charge on any atom is 0.119 e. The third-order valence-electron chi connectivity index (χ3n) is 3.67. The summed E-state index contributed by atoms with van der Waals surface area (Å²) in [5, 5.41) is 0. The van der Waals surface area contributed by atoms with Crippen LogP contribution in [0.25, 0.3) is 0 Å². The molecule has 1 saturated carbocycles. The van der Waals surface area contributed by atoms with E-state index in [1.807, 2.05) is 0 Å². The lowest BCUT2D eigenvalue weighted by molar-refractivity contribution is 0.0904. The van der Waals surface area contributed by atoms with Crippen molar-refractivity contribution in [2.45, 2.75) is 52.1 Å². The second kappa shape index (κ2) is 5.38. The molecule has 1 aromatic rings. The summed E-state index contributed by atoms with van der Waals surface area (Å²) < 4.78 is 6.11. The minimum Gasteiger partial charge on any atom is -0.490 e. The predicted octanol–water partition coefficient (Wildman–Crippen LogP) is 4.34. The molecule has 2 atom stereocenters. The summed E-state index contributed by atoms with van der Waals surface area (Å²) in [4.78, 5) is 0. The Hall–Kier alpha value is -0.980. The summed E-state index contributed by atoms with van der Waals surface area (Å²) in [5.74, 6) is 1.80. The van der Waals surface area contributed by atoms with E-state index in [0.29, 0.717) is 6.10 Å². The molecule has 0 saturated heterocycles.